The molecular weight excluding hydrogens is 352 g/mol. The number of carbonyl (C=O) groups is 2. The van der Waals surface area contributed by atoms with E-state index >= 15 is 0 Å². The normalized spacial score (nSPS) is 11.4. The molecule has 0 fully saturated rings. The van der Waals surface area contributed by atoms with Crippen molar-refractivity contribution in [3.8, 4) is 0 Å². The zero-order valence-corrected chi connectivity index (χ0v) is 14.6. The molecule has 4 nitrogen and oxygen atoms in total. The lowest BCUT2D eigenvalue weighted by Crippen LogP contribution is -2.01. The van der Waals surface area contributed by atoms with Crippen LogP contribution < -0.4 is 0 Å². The van der Waals surface area contributed by atoms with Crippen LogP contribution in [-0.2, 0) is 0 Å². The molecule has 5 aromatic carbocycles. The molecule has 0 heterocycles. The second kappa shape index (κ2) is 5.79. The van der Waals surface area contributed by atoms with Gasteiger partial charge in [0.25, 0.3) is 0 Å². The highest BCUT2D eigenvalue weighted by Crippen LogP contribution is 2.36. The van der Waals surface area contributed by atoms with Crippen molar-refractivity contribution in [1.29, 1.82) is 0 Å². The topological polar surface area (TPSA) is 74.6 Å². The molecule has 0 radical (unpaired) electrons. The Labute approximate surface area is 159 Å². The molecular formula is C24H14O4. The maximum absolute atomic E-state index is 11.9. The molecule has 0 bridgehead atoms. The summed E-state index contributed by atoms with van der Waals surface area (Å²) in [7, 11) is 0. The molecule has 0 aromatic heterocycles. The molecule has 134 valence electrons. The predicted molar refractivity (Wildman–Crippen MR) is 110 cm³/mol. The van der Waals surface area contributed by atoms with Gasteiger partial charge in [0.15, 0.2) is 0 Å². The van der Waals surface area contributed by atoms with Crippen LogP contribution in [-0.4, -0.2) is 22.2 Å². The molecule has 0 spiro atoms. The molecule has 0 atom stereocenters. The summed E-state index contributed by atoms with van der Waals surface area (Å²) in [6, 6.07) is 22.2. The van der Waals surface area contributed by atoms with Crippen molar-refractivity contribution in [3.05, 3.63) is 83.9 Å². The first-order valence-corrected chi connectivity index (χ1v) is 8.82. The first-order chi connectivity index (χ1) is 13.5. The lowest BCUT2D eigenvalue weighted by molar-refractivity contribution is 0.0688. The Kier molecular flexibility index (Phi) is 3.36. The van der Waals surface area contributed by atoms with Crippen LogP contribution in [0.15, 0.2) is 72.8 Å². The maximum Gasteiger partial charge on any atom is 0.336 e. The van der Waals surface area contributed by atoms with Gasteiger partial charge in [0.1, 0.15) is 0 Å². The number of fused-ring (bicyclic) bond motifs is 6. The van der Waals surface area contributed by atoms with Gasteiger partial charge in [-0.15, -0.1) is 0 Å². The average molecular weight is 366 g/mol. The highest BCUT2D eigenvalue weighted by molar-refractivity contribution is 6.24. The number of carboxylic acid groups (broad SMARTS) is 2. The monoisotopic (exact) mass is 366 g/mol. The minimum atomic E-state index is -1.03. The van der Waals surface area contributed by atoms with Crippen molar-refractivity contribution in [2.45, 2.75) is 0 Å². The first kappa shape index (κ1) is 16.3. The third-order valence-electron chi connectivity index (χ3n) is 5.30. The van der Waals surface area contributed by atoms with Gasteiger partial charge in [-0.3, -0.25) is 0 Å². The van der Waals surface area contributed by atoms with Gasteiger partial charge < -0.3 is 10.2 Å². The summed E-state index contributed by atoms with van der Waals surface area (Å²) < 4.78 is 0. The molecule has 0 aliphatic carbocycles. The highest BCUT2D eigenvalue weighted by Gasteiger charge is 2.17. The van der Waals surface area contributed by atoms with Crippen molar-refractivity contribution in [2.24, 2.45) is 0 Å². The fourth-order valence-corrected chi connectivity index (χ4v) is 4.05. The second-order valence-corrected chi connectivity index (χ2v) is 6.84. The average Bonchev–Trinajstić information content (AvgIpc) is 2.71. The molecule has 0 saturated carbocycles. The Balaban J connectivity index is 2.10. The number of benzene rings is 5. The Morgan fingerprint density at radius 3 is 1.32 bits per heavy atom. The maximum atomic E-state index is 11.9. The number of carboxylic acids is 2. The molecule has 0 aliphatic heterocycles. The Bertz CT molecular complexity index is 1360. The fourth-order valence-electron chi connectivity index (χ4n) is 4.05. The van der Waals surface area contributed by atoms with Crippen LogP contribution in [0, 0.1) is 0 Å². The van der Waals surface area contributed by atoms with Crippen molar-refractivity contribution in [3.63, 3.8) is 0 Å². The molecule has 5 rings (SSSR count). The molecule has 0 aliphatic rings. The van der Waals surface area contributed by atoms with E-state index in [0.29, 0.717) is 10.8 Å². The third kappa shape index (κ3) is 2.25. The zero-order valence-electron chi connectivity index (χ0n) is 14.6. The van der Waals surface area contributed by atoms with E-state index in [2.05, 4.69) is 0 Å². The van der Waals surface area contributed by atoms with E-state index in [4.69, 9.17) is 0 Å². The van der Waals surface area contributed by atoms with Crippen LogP contribution in [0.25, 0.3) is 43.1 Å². The Morgan fingerprint density at radius 1 is 0.500 bits per heavy atom. The van der Waals surface area contributed by atoms with Gasteiger partial charge >= 0.3 is 11.9 Å². The lowest BCUT2D eigenvalue weighted by atomic mass is 9.90. The van der Waals surface area contributed by atoms with Gasteiger partial charge in [0, 0.05) is 0 Å². The molecule has 5 aromatic rings. The Morgan fingerprint density at radius 2 is 0.893 bits per heavy atom. The summed E-state index contributed by atoms with van der Waals surface area (Å²) in [5.74, 6) is -2.07. The summed E-state index contributed by atoms with van der Waals surface area (Å²) in [5, 5.41) is 25.7. The van der Waals surface area contributed by atoms with E-state index in [9.17, 15) is 19.8 Å². The van der Waals surface area contributed by atoms with Gasteiger partial charge in [0.05, 0.1) is 11.1 Å². The van der Waals surface area contributed by atoms with E-state index < -0.39 is 11.9 Å². The van der Waals surface area contributed by atoms with E-state index in [1.54, 1.807) is 18.2 Å². The summed E-state index contributed by atoms with van der Waals surface area (Å²) >= 11 is 0. The standard InChI is InChI=1S/C24H14O4/c25-23(26)21-9-13-5-1-3-7-15(13)17-11-18-16-8-4-2-6-14(16)10-22(24(27)28)20(18)12-19(17)21/h1-12H,(H,25,26)(H,27,28). The van der Waals surface area contributed by atoms with E-state index in [1.807, 2.05) is 54.6 Å². The molecule has 0 saturated heterocycles. The lowest BCUT2D eigenvalue weighted by Gasteiger charge is -2.13. The molecule has 28 heavy (non-hydrogen) atoms. The molecule has 2 N–H and O–H groups in total. The Hall–Kier alpha value is -3.92. The SMILES string of the molecule is O=C(O)c1cc2ccccc2c2cc3c(cc12)c(C(=O)O)cc1ccccc13. The minimum absolute atomic E-state index is 0.167. The third-order valence-corrected chi connectivity index (χ3v) is 5.30. The van der Waals surface area contributed by atoms with Crippen molar-refractivity contribution >= 4 is 55.0 Å². The number of rotatable bonds is 2. The van der Waals surface area contributed by atoms with Crippen molar-refractivity contribution in [1.82, 2.24) is 0 Å². The molecule has 4 heteroatoms. The van der Waals surface area contributed by atoms with Gasteiger partial charge in [-0.1, -0.05) is 48.5 Å². The van der Waals surface area contributed by atoms with Crippen molar-refractivity contribution < 1.29 is 19.8 Å². The first-order valence-electron chi connectivity index (χ1n) is 8.82. The van der Waals surface area contributed by atoms with Crippen molar-refractivity contribution in [2.75, 3.05) is 0 Å². The number of aromatic carboxylic acids is 2. The summed E-state index contributed by atoms with van der Waals surface area (Å²) in [6.07, 6.45) is 0. The minimum Gasteiger partial charge on any atom is -0.478 e. The smallest absolute Gasteiger partial charge is 0.336 e. The fraction of sp³-hybridized carbons (Fsp3) is 0. The quantitative estimate of drug-likeness (QED) is 0.311. The number of hydrogen-bond acceptors (Lipinski definition) is 2. The van der Waals surface area contributed by atoms with E-state index in [-0.39, 0.29) is 11.1 Å². The van der Waals surface area contributed by atoms with Crippen LogP contribution >= 0.6 is 0 Å². The zero-order chi connectivity index (χ0) is 19.4. The van der Waals surface area contributed by atoms with Crippen LogP contribution in [0.3, 0.4) is 0 Å². The molecule has 0 amide bonds. The predicted octanol–water partition coefficient (Wildman–Crippen LogP) is 5.70. The van der Waals surface area contributed by atoms with Crippen LogP contribution in [0.2, 0.25) is 0 Å². The summed E-state index contributed by atoms with van der Waals surface area (Å²) in [6.45, 7) is 0. The van der Waals surface area contributed by atoms with E-state index in [1.165, 1.54) is 0 Å². The number of hydrogen-bond donors (Lipinski definition) is 2. The van der Waals surface area contributed by atoms with Gasteiger partial charge in [0.2, 0.25) is 0 Å². The van der Waals surface area contributed by atoms with Crippen LogP contribution in [0.5, 0.6) is 0 Å². The van der Waals surface area contributed by atoms with Gasteiger partial charge in [-0.25, -0.2) is 9.59 Å². The van der Waals surface area contributed by atoms with Crippen LogP contribution in [0.4, 0.5) is 0 Å². The largest absolute Gasteiger partial charge is 0.478 e. The van der Waals surface area contributed by atoms with Gasteiger partial charge in [-0.05, 0) is 67.4 Å². The van der Waals surface area contributed by atoms with E-state index in [0.717, 1.165) is 32.3 Å². The highest BCUT2D eigenvalue weighted by atomic mass is 16.4. The van der Waals surface area contributed by atoms with Gasteiger partial charge in [-0.2, -0.15) is 0 Å². The molecule has 0 unspecified atom stereocenters. The summed E-state index contributed by atoms with van der Waals surface area (Å²) in [5.41, 5.74) is 0.334. The second-order valence-electron chi connectivity index (χ2n) is 6.84. The van der Waals surface area contributed by atoms with Crippen LogP contribution in [0.1, 0.15) is 20.7 Å². The summed E-state index contributed by atoms with van der Waals surface area (Å²) in [4.78, 5) is 23.8.